The monoisotopic (exact) mass is 255 g/mol. The zero-order valence-corrected chi connectivity index (χ0v) is 10.9. The Balaban J connectivity index is 2.00. The first-order valence-electron chi connectivity index (χ1n) is 6.37. The molecule has 1 N–H and O–H groups in total. The van der Waals surface area contributed by atoms with Crippen molar-refractivity contribution in [2.75, 3.05) is 5.32 Å². The average Bonchev–Trinajstić information content (AvgIpc) is 2.48. The molecular formula is C14H19ClFN. The van der Waals surface area contributed by atoms with E-state index in [9.17, 15) is 4.39 Å². The van der Waals surface area contributed by atoms with E-state index in [2.05, 4.69) is 12.2 Å². The first kappa shape index (κ1) is 12.7. The largest absolute Gasteiger partial charge is 0.381 e. The minimum atomic E-state index is -0.282. The number of anilines is 1. The second kappa shape index (κ2) is 5.72. The van der Waals surface area contributed by atoms with Crippen molar-refractivity contribution in [3.8, 4) is 0 Å². The second-order valence-electron chi connectivity index (χ2n) is 5.08. The molecule has 2 unspecified atom stereocenters. The third-order valence-corrected chi connectivity index (χ3v) is 3.86. The van der Waals surface area contributed by atoms with Crippen LogP contribution in [0.5, 0.6) is 0 Å². The van der Waals surface area contributed by atoms with Crippen molar-refractivity contribution in [3.63, 3.8) is 0 Å². The summed E-state index contributed by atoms with van der Waals surface area (Å²) in [5.41, 5.74) is 0.854. The van der Waals surface area contributed by atoms with Crippen molar-refractivity contribution >= 4 is 17.3 Å². The lowest BCUT2D eigenvalue weighted by molar-refractivity contribution is 0.502. The van der Waals surface area contributed by atoms with Gasteiger partial charge in [-0.1, -0.05) is 31.4 Å². The molecule has 2 atom stereocenters. The van der Waals surface area contributed by atoms with E-state index in [0.29, 0.717) is 11.1 Å². The molecule has 0 bridgehead atoms. The smallest absolute Gasteiger partial charge is 0.124 e. The van der Waals surface area contributed by atoms with Crippen LogP contribution in [0.3, 0.4) is 0 Å². The maximum absolute atomic E-state index is 12.9. The van der Waals surface area contributed by atoms with Gasteiger partial charge in [-0.15, -0.1) is 0 Å². The molecule has 0 aliphatic heterocycles. The zero-order valence-electron chi connectivity index (χ0n) is 10.2. The fraction of sp³-hybridized carbons (Fsp3) is 0.571. The summed E-state index contributed by atoms with van der Waals surface area (Å²) in [5.74, 6) is 0.542. The number of hydrogen-bond acceptors (Lipinski definition) is 1. The summed E-state index contributed by atoms with van der Waals surface area (Å²) in [6.07, 6.45) is 6.19. The van der Waals surface area contributed by atoms with Crippen molar-refractivity contribution in [2.24, 2.45) is 5.92 Å². The molecule has 0 radical (unpaired) electrons. The van der Waals surface area contributed by atoms with Crippen LogP contribution >= 0.6 is 11.6 Å². The van der Waals surface area contributed by atoms with Crippen LogP contribution in [-0.4, -0.2) is 6.04 Å². The molecule has 0 heterocycles. The van der Waals surface area contributed by atoms with Gasteiger partial charge in [0.2, 0.25) is 0 Å². The third-order valence-electron chi connectivity index (χ3n) is 3.55. The lowest BCUT2D eigenvalue weighted by Crippen LogP contribution is -2.18. The van der Waals surface area contributed by atoms with Crippen molar-refractivity contribution in [3.05, 3.63) is 29.0 Å². The highest BCUT2D eigenvalue weighted by atomic mass is 35.5. The predicted octanol–water partition coefficient (Wildman–Crippen LogP) is 4.86. The van der Waals surface area contributed by atoms with Gasteiger partial charge in [0.15, 0.2) is 0 Å². The van der Waals surface area contributed by atoms with E-state index in [4.69, 9.17) is 11.6 Å². The van der Waals surface area contributed by atoms with E-state index >= 15 is 0 Å². The molecule has 1 aromatic rings. The molecule has 2 rings (SSSR count). The summed E-state index contributed by atoms with van der Waals surface area (Å²) in [7, 11) is 0. The number of benzene rings is 1. The van der Waals surface area contributed by atoms with E-state index < -0.39 is 0 Å². The Kier molecular flexibility index (Phi) is 4.27. The lowest BCUT2D eigenvalue weighted by Gasteiger charge is -2.18. The van der Waals surface area contributed by atoms with Gasteiger partial charge in [-0.25, -0.2) is 4.39 Å². The molecule has 0 spiro atoms. The third kappa shape index (κ3) is 3.60. The van der Waals surface area contributed by atoms with Gasteiger partial charge < -0.3 is 5.32 Å². The second-order valence-corrected chi connectivity index (χ2v) is 5.49. The van der Waals surface area contributed by atoms with Crippen LogP contribution in [0.2, 0.25) is 5.02 Å². The van der Waals surface area contributed by atoms with Crippen molar-refractivity contribution < 1.29 is 4.39 Å². The fourth-order valence-corrected chi connectivity index (χ4v) is 2.68. The van der Waals surface area contributed by atoms with Gasteiger partial charge in [0.1, 0.15) is 5.82 Å². The number of halogens is 2. The van der Waals surface area contributed by atoms with Gasteiger partial charge >= 0.3 is 0 Å². The maximum Gasteiger partial charge on any atom is 0.124 e. The Labute approximate surface area is 107 Å². The van der Waals surface area contributed by atoms with Gasteiger partial charge in [-0.05, 0) is 43.4 Å². The van der Waals surface area contributed by atoms with Gasteiger partial charge in [-0.2, -0.15) is 0 Å². The minimum Gasteiger partial charge on any atom is -0.381 e. The van der Waals surface area contributed by atoms with Crippen LogP contribution in [-0.2, 0) is 0 Å². The van der Waals surface area contributed by atoms with Crippen molar-refractivity contribution in [1.82, 2.24) is 0 Å². The molecule has 1 aromatic carbocycles. The van der Waals surface area contributed by atoms with Gasteiger partial charge in [0.25, 0.3) is 0 Å². The minimum absolute atomic E-state index is 0.282. The van der Waals surface area contributed by atoms with Gasteiger partial charge in [-0.3, -0.25) is 0 Å². The van der Waals surface area contributed by atoms with E-state index in [1.54, 1.807) is 6.07 Å². The average molecular weight is 256 g/mol. The van der Waals surface area contributed by atoms with E-state index in [1.807, 2.05) is 0 Å². The lowest BCUT2D eigenvalue weighted by atomic mass is 10.0. The highest BCUT2D eigenvalue weighted by Crippen LogP contribution is 2.28. The summed E-state index contributed by atoms with van der Waals surface area (Å²) in [4.78, 5) is 0. The van der Waals surface area contributed by atoms with E-state index in [-0.39, 0.29) is 5.82 Å². The Morgan fingerprint density at radius 1 is 1.24 bits per heavy atom. The quantitative estimate of drug-likeness (QED) is 0.744. The van der Waals surface area contributed by atoms with Crippen LogP contribution in [0, 0.1) is 11.7 Å². The number of rotatable bonds is 2. The van der Waals surface area contributed by atoms with Crippen LogP contribution in [0.25, 0.3) is 0 Å². The summed E-state index contributed by atoms with van der Waals surface area (Å²) >= 11 is 6.02. The molecule has 0 aromatic heterocycles. The standard InChI is InChI=1S/C14H19ClFN/c1-10-3-2-4-12(7-5-10)17-14-8-6-11(16)9-13(14)15/h6,8-10,12,17H,2-5,7H2,1H3. The summed E-state index contributed by atoms with van der Waals surface area (Å²) in [6, 6.07) is 5.02. The zero-order chi connectivity index (χ0) is 12.3. The topological polar surface area (TPSA) is 12.0 Å². The van der Waals surface area contributed by atoms with Gasteiger partial charge in [0.05, 0.1) is 10.7 Å². The van der Waals surface area contributed by atoms with E-state index in [1.165, 1.54) is 44.2 Å². The number of hydrogen-bond donors (Lipinski definition) is 1. The molecule has 1 aliphatic rings. The molecule has 1 fully saturated rings. The molecule has 1 saturated carbocycles. The molecule has 0 saturated heterocycles. The molecule has 94 valence electrons. The summed E-state index contributed by atoms with van der Waals surface area (Å²) in [5, 5.41) is 3.91. The Morgan fingerprint density at radius 2 is 2.06 bits per heavy atom. The van der Waals surface area contributed by atoms with Crippen LogP contribution in [0.4, 0.5) is 10.1 Å². The molecule has 1 nitrogen and oxygen atoms in total. The summed E-state index contributed by atoms with van der Waals surface area (Å²) < 4.78 is 12.9. The highest BCUT2D eigenvalue weighted by Gasteiger charge is 2.16. The van der Waals surface area contributed by atoms with Crippen LogP contribution in [0.1, 0.15) is 39.0 Å². The first-order chi connectivity index (χ1) is 8.15. The van der Waals surface area contributed by atoms with Crippen molar-refractivity contribution in [2.45, 2.75) is 45.1 Å². The van der Waals surface area contributed by atoms with Gasteiger partial charge in [0, 0.05) is 6.04 Å². The first-order valence-corrected chi connectivity index (χ1v) is 6.74. The maximum atomic E-state index is 12.9. The molecular weight excluding hydrogens is 237 g/mol. The fourth-order valence-electron chi connectivity index (χ4n) is 2.46. The Hall–Kier alpha value is -0.760. The Bertz CT molecular complexity index is 380. The van der Waals surface area contributed by atoms with E-state index in [0.717, 1.165) is 11.6 Å². The number of nitrogens with one attached hydrogen (secondary N) is 1. The molecule has 0 amide bonds. The highest BCUT2D eigenvalue weighted by molar-refractivity contribution is 6.33. The Morgan fingerprint density at radius 3 is 2.82 bits per heavy atom. The van der Waals surface area contributed by atoms with Crippen molar-refractivity contribution in [1.29, 1.82) is 0 Å². The normalized spacial score (nSPS) is 25.4. The van der Waals surface area contributed by atoms with Crippen LogP contribution < -0.4 is 5.32 Å². The summed E-state index contributed by atoms with van der Waals surface area (Å²) in [6.45, 7) is 2.31. The molecule has 1 aliphatic carbocycles. The predicted molar refractivity (Wildman–Crippen MR) is 71.1 cm³/mol. The molecule has 17 heavy (non-hydrogen) atoms. The SMILES string of the molecule is CC1CCCC(Nc2ccc(F)cc2Cl)CC1. The molecule has 3 heteroatoms. The van der Waals surface area contributed by atoms with Crippen LogP contribution in [0.15, 0.2) is 18.2 Å².